The summed E-state index contributed by atoms with van der Waals surface area (Å²) in [5.41, 5.74) is 8.98. The monoisotopic (exact) mass is 292 g/mol. The van der Waals surface area contributed by atoms with Crippen molar-refractivity contribution in [3.05, 3.63) is 46.1 Å². The fourth-order valence-electron chi connectivity index (χ4n) is 1.97. The molecule has 0 aliphatic rings. The van der Waals surface area contributed by atoms with Crippen LogP contribution in [0.2, 0.25) is 10.0 Å². The van der Waals surface area contributed by atoms with Gasteiger partial charge in [0, 0.05) is 10.7 Å². The molecule has 19 heavy (non-hydrogen) atoms. The summed E-state index contributed by atoms with van der Waals surface area (Å²) in [7, 11) is 0. The molecule has 0 spiro atoms. The molecule has 0 aliphatic heterocycles. The highest BCUT2D eigenvalue weighted by molar-refractivity contribution is 6.35. The Bertz CT molecular complexity index is 780. The quantitative estimate of drug-likeness (QED) is 0.745. The molecule has 0 unspecified atom stereocenters. The fourth-order valence-corrected chi connectivity index (χ4v) is 2.46. The predicted molar refractivity (Wildman–Crippen MR) is 78.0 cm³/mol. The zero-order valence-corrected chi connectivity index (χ0v) is 11.6. The van der Waals surface area contributed by atoms with E-state index in [2.05, 4.69) is 9.97 Å². The van der Waals surface area contributed by atoms with Crippen molar-refractivity contribution in [2.24, 2.45) is 0 Å². The summed E-state index contributed by atoms with van der Waals surface area (Å²) < 4.78 is 1.72. The van der Waals surface area contributed by atoms with Gasteiger partial charge in [0.05, 0.1) is 10.7 Å². The third kappa shape index (κ3) is 2.03. The Balaban J connectivity index is 2.35. The number of nitrogens with zero attached hydrogens (tertiary/aromatic N) is 3. The third-order valence-electron chi connectivity index (χ3n) is 2.82. The Morgan fingerprint density at radius 3 is 2.63 bits per heavy atom. The van der Waals surface area contributed by atoms with Crippen LogP contribution in [0, 0.1) is 6.92 Å². The van der Waals surface area contributed by atoms with E-state index in [-0.39, 0.29) is 0 Å². The Morgan fingerprint density at radius 1 is 1.11 bits per heavy atom. The summed E-state index contributed by atoms with van der Waals surface area (Å²) in [6, 6.07) is 8.99. The zero-order valence-electron chi connectivity index (χ0n) is 10.1. The molecule has 96 valence electrons. The third-order valence-corrected chi connectivity index (χ3v) is 3.36. The number of anilines is 1. The summed E-state index contributed by atoms with van der Waals surface area (Å²) in [5.74, 6) is 0.345. The largest absolute Gasteiger partial charge is 0.369 e. The maximum absolute atomic E-state index is 6.22. The Hall–Kier alpha value is -1.78. The number of halogens is 2. The lowest BCUT2D eigenvalue weighted by molar-refractivity contribution is 1.07. The molecule has 0 saturated heterocycles. The van der Waals surface area contributed by atoms with E-state index in [1.54, 1.807) is 22.8 Å². The highest BCUT2D eigenvalue weighted by atomic mass is 35.5. The van der Waals surface area contributed by atoms with Gasteiger partial charge in [-0.3, -0.25) is 4.57 Å². The van der Waals surface area contributed by atoms with Crippen molar-refractivity contribution in [3.63, 3.8) is 0 Å². The van der Waals surface area contributed by atoms with Crippen molar-refractivity contribution in [1.82, 2.24) is 14.5 Å². The average molecular weight is 293 g/mol. The first-order valence-corrected chi connectivity index (χ1v) is 6.39. The standard InChI is InChI=1S/C13H10Cl2N4/c1-7-2-4-10-12(17-7)19(13(16)18-10)11-5-3-8(14)6-9(11)15/h2-6H,1H3,(H2,16,18). The van der Waals surface area contributed by atoms with E-state index in [1.807, 2.05) is 19.1 Å². The minimum absolute atomic E-state index is 0.345. The lowest BCUT2D eigenvalue weighted by Crippen LogP contribution is -2.02. The highest BCUT2D eigenvalue weighted by Gasteiger charge is 2.14. The number of aromatic nitrogens is 3. The van der Waals surface area contributed by atoms with E-state index >= 15 is 0 Å². The van der Waals surface area contributed by atoms with Crippen LogP contribution >= 0.6 is 23.2 Å². The molecule has 2 heterocycles. The van der Waals surface area contributed by atoms with Crippen LogP contribution in [0.25, 0.3) is 16.9 Å². The smallest absolute Gasteiger partial charge is 0.207 e. The predicted octanol–water partition coefficient (Wildman–Crippen LogP) is 3.62. The molecule has 0 bridgehead atoms. The first-order valence-electron chi connectivity index (χ1n) is 5.63. The molecule has 0 atom stereocenters. The number of hydrogen-bond acceptors (Lipinski definition) is 3. The van der Waals surface area contributed by atoms with E-state index in [0.29, 0.717) is 27.3 Å². The zero-order chi connectivity index (χ0) is 13.6. The second-order valence-corrected chi connectivity index (χ2v) is 5.04. The molecule has 0 fully saturated rings. The van der Waals surface area contributed by atoms with Crippen molar-refractivity contribution in [1.29, 1.82) is 0 Å². The number of rotatable bonds is 1. The lowest BCUT2D eigenvalue weighted by Gasteiger charge is -2.08. The van der Waals surface area contributed by atoms with E-state index in [1.165, 1.54) is 0 Å². The Labute approximate surface area is 119 Å². The molecule has 0 saturated carbocycles. The van der Waals surface area contributed by atoms with Gasteiger partial charge in [-0.25, -0.2) is 9.97 Å². The number of hydrogen-bond donors (Lipinski definition) is 1. The van der Waals surface area contributed by atoms with Gasteiger partial charge >= 0.3 is 0 Å². The first-order chi connectivity index (χ1) is 9.06. The van der Waals surface area contributed by atoms with Crippen LogP contribution in [0.4, 0.5) is 5.95 Å². The van der Waals surface area contributed by atoms with Gasteiger partial charge in [-0.1, -0.05) is 23.2 Å². The number of benzene rings is 1. The number of fused-ring (bicyclic) bond motifs is 1. The molecule has 4 nitrogen and oxygen atoms in total. The van der Waals surface area contributed by atoms with Gasteiger partial charge in [0.2, 0.25) is 5.95 Å². The van der Waals surface area contributed by atoms with Crippen LogP contribution in [-0.2, 0) is 0 Å². The number of pyridine rings is 1. The van der Waals surface area contributed by atoms with Crippen LogP contribution < -0.4 is 5.73 Å². The van der Waals surface area contributed by atoms with Gasteiger partial charge < -0.3 is 5.73 Å². The number of nitrogens with two attached hydrogens (primary N) is 1. The number of aryl methyl sites for hydroxylation is 1. The second kappa shape index (κ2) is 4.40. The molecular formula is C13H10Cl2N4. The summed E-state index contributed by atoms with van der Waals surface area (Å²) in [4.78, 5) is 8.75. The topological polar surface area (TPSA) is 56.7 Å². The highest BCUT2D eigenvalue weighted by Crippen LogP contribution is 2.29. The van der Waals surface area contributed by atoms with Crippen LogP contribution in [0.1, 0.15) is 5.69 Å². The van der Waals surface area contributed by atoms with Crippen LogP contribution in [0.3, 0.4) is 0 Å². The van der Waals surface area contributed by atoms with Crippen molar-refractivity contribution < 1.29 is 0 Å². The maximum atomic E-state index is 6.22. The second-order valence-electron chi connectivity index (χ2n) is 4.20. The molecule has 2 aromatic heterocycles. The van der Waals surface area contributed by atoms with Crippen LogP contribution in [0.5, 0.6) is 0 Å². The van der Waals surface area contributed by atoms with Crippen molar-refractivity contribution in [2.45, 2.75) is 6.92 Å². The minimum Gasteiger partial charge on any atom is -0.369 e. The average Bonchev–Trinajstić information content (AvgIpc) is 2.65. The SMILES string of the molecule is Cc1ccc2nc(N)n(-c3ccc(Cl)cc3Cl)c2n1. The van der Waals surface area contributed by atoms with Crippen molar-refractivity contribution >= 4 is 40.3 Å². The normalized spacial score (nSPS) is 11.1. The van der Waals surface area contributed by atoms with E-state index < -0.39 is 0 Å². The number of nitrogen functional groups attached to an aromatic ring is 1. The van der Waals surface area contributed by atoms with Crippen molar-refractivity contribution in [3.8, 4) is 5.69 Å². The molecule has 0 amide bonds. The van der Waals surface area contributed by atoms with E-state index in [4.69, 9.17) is 28.9 Å². The molecule has 2 N–H and O–H groups in total. The summed E-state index contributed by atoms with van der Waals surface area (Å²) in [6.45, 7) is 1.91. The number of imidazole rings is 1. The molecule has 6 heteroatoms. The Kier molecular flexibility index (Phi) is 2.84. The lowest BCUT2D eigenvalue weighted by atomic mass is 10.3. The maximum Gasteiger partial charge on any atom is 0.207 e. The van der Waals surface area contributed by atoms with Crippen LogP contribution in [0.15, 0.2) is 30.3 Å². The van der Waals surface area contributed by atoms with Crippen molar-refractivity contribution in [2.75, 3.05) is 5.73 Å². The first kappa shape index (κ1) is 12.3. The van der Waals surface area contributed by atoms with E-state index in [9.17, 15) is 0 Å². The molecule has 1 aromatic carbocycles. The van der Waals surface area contributed by atoms with Gasteiger partial charge in [0.25, 0.3) is 0 Å². The molecular weight excluding hydrogens is 283 g/mol. The minimum atomic E-state index is 0.345. The van der Waals surface area contributed by atoms with Gasteiger partial charge in [-0.2, -0.15) is 0 Å². The Morgan fingerprint density at radius 2 is 1.89 bits per heavy atom. The van der Waals surface area contributed by atoms with Gasteiger partial charge in [-0.05, 0) is 37.3 Å². The fraction of sp³-hybridized carbons (Fsp3) is 0.0769. The molecule has 3 aromatic rings. The summed E-state index contributed by atoms with van der Waals surface area (Å²) in [5, 5.41) is 1.07. The molecule has 0 radical (unpaired) electrons. The van der Waals surface area contributed by atoms with Gasteiger partial charge in [-0.15, -0.1) is 0 Å². The van der Waals surface area contributed by atoms with Crippen LogP contribution in [-0.4, -0.2) is 14.5 Å². The van der Waals surface area contributed by atoms with Gasteiger partial charge in [0.1, 0.15) is 5.52 Å². The molecule has 3 rings (SSSR count). The summed E-state index contributed by atoms with van der Waals surface area (Å²) >= 11 is 12.1. The van der Waals surface area contributed by atoms with Gasteiger partial charge in [0.15, 0.2) is 5.65 Å². The van der Waals surface area contributed by atoms with E-state index in [0.717, 1.165) is 11.2 Å². The summed E-state index contributed by atoms with van der Waals surface area (Å²) in [6.07, 6.45) is 0. The molecule has 0 aliphatic carbocycles.